The van der Waals surface area contributed by atoms with Crippen molar-refractivity contribution >= 4 is 23.2 Å². The van der Waals surface area contributed by atoms with E-state index in [4.69, 9.17) is 4.74 Å². The van der Waals surface area contributed by atoms with Crippen molar-refractivity contribution in [2.45, 2.75) is 6.54 Å². The van der Waals surface area contributed by atoms with Crippen LogP contribution in [0.3, 0.4) is 0 Å². The lowest BCUT2D eigenvalue weighted by molar-refractivity contribution is 0.0683. The van der Waals surface area contributed by atoms with Gasteiger partial charge in [-0.2, -0.15) is 0 Å². The van der Waals surface area contributed by atoms with Gasteiger partial charge in [-0.1, -0.05) is 30.3 Å². The van der Waals surface area contributed by atoms with Gasteiger partial charge < -0.3 is 14.4 Å². The van der Waals surface area contributed by atoms with Crippen LogP contribution in [0.15, 0.2) is 48.5 Å². The van der Waals surface area contributed by atoms with E-state index in [1.54, 1.807) is 29.9 Å². The maximum absolute atomic E-state index is 11.7. The summed E-state index contributed by atoms with van der Waals surface area (Å²) in [6, 6.07) is 14.7. The van der Waals surface area contributed by atoms with Crippen LogP contribution >= 0.6 is 0 Å². The van der Waals surface area contributed by atoms with Gasteiger partial charge in [-0.25, -0.2) is 4.79 Å². The van der Waals surface area contributed by atoms with Crippen LogP contribution in [-0.4, -0.2) is 29.0 Å². The summed E-state index contributed by atoms with van der Waals surface area (Å²) in [6.45, 7) is 0.361. The molecule has 5 nitrogen and oxygen atoms in total. The molecule has 0 aliphatic heterocycles. The quantitative estimate of drug-likeness (QED) is 0.735. The van der Waals surface area contributed by atoms with Gasteiger partial charge in [0.1, 0.15) is 11.4 Å². The molecule has 116 valence electrons. The number of rotatable bonds is 5. The van der Waals surface area contributed by atoms with E-state index in [-0.39, 0.29) is 11.3 Å². The van der Waals surface area contributed by atoms with E-state index in [1.165, 1.54) is 0 Å². The summed E-state index contributed by atoms with van der Waals surface area (Å²) < 4.78 is 6.86. The lowest BCUT2D eigenvalue weighted by Gasteiger charge is -2.09. The minimum Gasteiger partial charge on any atom is -0.497 e. The second kappa shape index (κ2) is 5.96. The van der Waals surface area contributed by atoms with Crippen molar-refractivity contribution < 1.29 is 19.4 Å². The van der Waals surface area contributed by atoms with E-state index in [0.29, 0.717) is 29.5 Å². The molecule has 0 unspecified atom stereocenters. The molecule has 3 rings (SSSR count). The lowest BCUT2D eigenvalue weighted by Crippen LogP contribution is -2.11. The molecule has 0 aliphatic carbocycles. The van der Waals surface area contributed by atoms with E-state index < -0.39 is 5.97 Å². The number of aromatic nitrogens is 1. The molecule has 1 N–H and O–H groups in total. The minimum absolute atomic E-state index is 0.00731. The third kappa shape index (κ3) is 2.57. The summed E-state index contributed by atoms with van der Waals surface area (Å²) in [4.78, 5) is 23.2. The fraction of sp³-hybridized carbons (Fsp3) is 0.111. The Balaban J connectivity index is 2.29. The second-order valence-corrected chi connectivity index (χ2v) is 5.14. The van der Waals surface area contributed by atoms with Crippen LogP contribution in [-0.2, 0) is 6.54 Å². The van der Waals surface area contributed by atoms with Crippen LogP contribution in [0.1, 0.15) is 26.4 Å². The summed E-state index contributed by atoms with van der Waals surface area (Å²) in [7, 11) is 1.55. The molecule has 5 heteroatoms. The highest BCUT2D eigenvalue weighted by atomic mass is 16.5. The number of methoxy groups -OCH3 is 1. The van der Waals surface area contributed by atoms with Gasteiger partial charge in [0.2, 0.25) is 0 Å². The first-order chi connectivity index (χ1) is 11.2. The fourth-order valence-corrected chi connectivity index (χ4v) is 2.76. The van der Waals surface area contributed by atoms with Crippen LogP contribution in [0.25, 0.3) is 10.9 Å². The summed E-state index contributed by atoms with van der Waals surface area (Å²) >= 11 is 0. The number of hydrogen-bond acceptors (Lipinski definition) is 3. The highest BCUT2D eigenvalue weighted by Crippen LogP contribution is 2.29. The number of benzene rings is 2. The fourth-order valence-electron chi connectivity index (χ4n) is 2.76. The highest BCUT2D eigenvalue weighted by molar-refractivity contribution is 6.08. The van der Waals surface area contributed by atoms with Gasteiger partial charge in [0.05, 0.1) is 18.2 Å². The predicted octanol–water partition coefficient (Wildman–Crippen LogP) is 3.21. The molecule has 0 fully saturated rings. The van der Waals surface area contributed by atoms with Crippen LogP contribution in [0.2, 0.25) is 0 Å². The number of fused-ring (bicyclic) bond motifs is 1. The molecule has 0 radical (unpaired) electrons. The Labute approximate surface area is 132 Å². The van der Waals surface area contributed by atoms with Gasteiger partial charge in [0.15, 0.2) is 6.29 Å². The molecule has 3 aromatic rings. The van der Waals surface area contributed by atoms with E-state index in [1.807, 2.05) is 30.3 Å². The maximum Gasteiger partial charge on any atom is 0.353 e. The van der Waals surface area contributed by atoms with Gasteiger partial charge >= 0.3 is 5.97 Å². The molecule has 0 amide bonds. The normalized spacial score (nSPS) is 10.7. The molecule has 0 aliphatic rings. The smallest absolute Gasteiger partial charge is 0.353 e. The van der Waals surface area contributed by atoms with E-state index >= 15 is 0 Å². The summed E-state index contributed by atoms with van der Waals surface area (Å²) in [6.07, 6.45) is 0.597. The predicted molar refractivity (Wildman–Crippen MR) is 86.4 cm³/mol. The lowest BCUT2D eigenvalue weighted by atomic mass is 10.1. The Bertz CT molecular complexity index is 881. The number of ether oxygens (including phenoxy) is 1. The Kier molecular flexibility index (Phi) is 3.85. The summed E-state index contributed by atoms with van der Waals surface area (Å²) in [5, 5.41) is 10.2. The molecule has 23 heavy (non-hydrogen) atoms. The Hall–Kier alpha value is -3.08. The van der Waals surface area contributed by atoms with Gasteiger partial charge in [0, 0.05) is 18.0 Å². The molecular formula is C18H15NO4. The van der Waals surface area contributed by atoms with Gasteiger partial charge in [-0.05, 0) is 17.7 Å². The number of carboxylic acid groups (broad SMARTS) is 1. The standard InChI is InChI=1S/C18H15NO4/c1-23-13-7-8-14-15(11-20)17(18(21)22)19(16(14)9-13)10-12-5-3-2-4-6-12/h2-9,11H,10H2,1H3,(H,21,22). The average molecular weight is 309 g/mol. The number of aromatic carboxylic acids is 1. The third-order valence-corrected chi connectivity index (χ3v) is 3.81. The first-order valence-electron chi connectivity index (χ1n) is 7.08. The van der Waals surface area contributed by atoms with Crippen LogP contribution < -0.4 is 4.74 Å². The van der Waals surface area contributed by atoms with Gasteiger partial charge in [0.25, 0.3) is 0 Å². The Morgan fingerprint density at radius 1 is 1.22 bits per heavy atom. The molecule has 1 heterocycles. The molecular weight excluding hydrogens is 294 g/mol. The molecule has 1 aromatic heterocycles. The molecule has 0 saturated carbocycles. The van der Waals surface area contributed by atoms with Gasteiger partial charge in [-0.15, -0.1) is 0 Å². The molecule has 0 saturated heterocycles. The third-order valence-electron chi connectivity index (χ3n) is 3.81. The first-order valence-corrected chi connectivity index (χ1v) is 7.08. The zero-order chi connectivity index (χ0) is 16.4. The van der Waals surface area contributed by atoms with Crippen LogP contribution in [0, 0.1) is 0 Å². The molecule has 2 aromatic carbocycles. The average Bonchev–Trinajstić information content (AvgIpc) is 2.88. The number of carbonyl (C=O) groups excluding carboxylic acids is 1. The topological polar surface area (TPSA) is 68.5 Å². The SMILES string of the molecule is COc1ccc2c(C=O)c(C(=O)O)n(Cc3ccccc3)c2c1. The monoisotopic (exact) mass is 309 g/mol. The molecule has 0 spiro atoms. The van der Waals surface area contributed by atoms with Crippen molar-refractivity contribution in [3.05, 3.63) is 65.4 Å². The van der Waals surface area contributed by atoms with Crippen LogP contribution in [0.5, 0.6) is 5.75 Å². The number of carboxylic acids is 1. The van der Waals surface area contributed by atoms with Crippen molar-refractivity contribution in [1.82, 2.24) is 4.57 Å². The number of hydrogen-bond donors (Lipinski definition) is 1. The minimum atomic E-state index is -1.13. The van der Waals surface area contributed by atoms with E-state index in [0.717, 1.165) is 5.56 Å². The van der Waals surface area contributed by atoms with Crippen LogP contribution in [0.4, 0.5) is 0 Å². The van der Waals surface area contributed by atoms with Crippen molar-refractivity contribution in [2.24, 2.45) is 0 Å². The zero-order valence-corrected chi connectivity index (χ0v) is 12.5. The highest BCUT2D eigenvalue weighted by Gasteiger charge is 2.22. The molecule has 0 atom stereocenters. The number of aldehydes is 1. The van der Waals surface area contributed by atoms with Crippen molar-refractivity contribution in [1.29, 1.82) is 0 Å². The molecule has 0 bridgehead atoms. The maximum atomic E-state index is 11.7. The summed E-state index contributed by atoms with van der Waals surface area (Å²) in [5.41, 5.74) is 1.79. The Morgan fingerprint density at radius 2 is 1.96 bits per heavy atom. The summed E-state index contributed by atoms with van der Waals surface area (Å²) in [5.74, 6) is -0.517. The van der Waals surface area contributed by atoms with Crippen molar-refractivity contribution in [3.8, 4) is 5.75 Å². The number of nitrogens with zero attached hydrogens (tertiary/aromatic N) is 1. The first kappa shape index (κ1) is 14.8. The van der Waals surface area contributed by atoms with E-state index in [9.17, 15) is 14.7 Å². The second-order valence-electron chi connectivity index (χ2n) is 5.14. The zero-order valence-electron chi connectivity index (χ0n) is 12.5. The largest absolute Gasteiger partial charge is 0.497 e. The van der Waals surface area contributed by atoms with Crippen molar-refractivity contribution in [3.63, 3.8) is 0 Å². The van der Waals surface area contributed by atoms with Gasteiger partial charge in [-0.3, -0.25) is 4.79 Å². The number of carbonyl (C=O) groups is 2. The Morgan fingerprint density at radius 3 is 2.57 bits per heavy atom. The van der Waals surface area contributed by atoms with E-state index in [2.05, 4.69) is 0 Å². The van der Waals surface area contributed by atoms with Crippen molar-refractivity contribution in [2.75, 3.05) is 7.11 Å².